The van der Waals surface area contributed by atoms with Crippen LogP contribution in [-0.2, 0) is 9.53 Å². The van der Waals surface area contributed by atoms with Crippen LogP contribution in [0.4, 0.5) is 0 Å². The number of aliphatic hydroxyl groups excluding tert-OH is 1. The molecule has 2 N–H and O–H groups in total. The third-order valence-corrected chi connectivity index (χ3v) is 23.7. The van der Waals surface area contributed by atoms with E-state index in [0.717, 1.165) is 43.4 Å². The molecular formula is C90H179NO3S. The van der Waals surface area contributed by atoms with Crippen LogP contribution in [0.1, 0.15) is 509 Å². The lowest BCUT2D eigenvalue weighted by Gasteiger charge is -2.22. The minimum absolute atomic E-state index is 0.0440. The number of nitrogens with one attached hydrogen (secondary N) is 1. The Labute approximate surface area is 605 Å². The van der Waals surface area contributed by atoms with Crippen molar-refractivity contribution >= 4 is 18.5 Å². The molecule has 0 heterocycles. The van der Waals surface area contributed by atoms with E-state index in [4.69, 9.17) is 4.74 Å². The van der Waals surface area contributed by atoms with Gasteiger partial charge >= 0.3 is 0 Å². The lowest BCUT2D eigenvalue weighted by molar-refractivity contribution is -0.129. The van der Waals surface area contributed by atoms with Gasteiger partial charge in [0, 0.05) is 19.4 Å². The zero-order valence-electron chi connectivity index (χ0n) is 66.2. The van der Waals surface area contributed by atoms with Crippen LogP contribution in [0.25, 0.3) is 0 Å². The quantitative estimate of drug-likeness (QED) is 0.0420. The highest BCUT2D eigenvalue weighted by Crippen LogP contribution is 2.49. The molecule has 7 atom stereocenters. The number of amides is 1. The van der Waals surface area contributed by atoms with E-state index in [9.17, 15) is 9.90 Å². The molecule has 4 nitrogen and oxygen atoms in total. The number of carbonyl (C=O) groups is 1. The van der Waals surface area contributed by atoms with Gasteiger partial charge in [0.05, 0.1) is 18.1 Å². The SMILES string of the molecule is CCCCCCCCCCCCCCCCCCCCCCCC[C@@H](C(=O)NCCS)[C@H](O)CCCCCCCCCCCCCCCCCCC1CC1[C@@H](C)CCCCCCCCCCCCCCCC[C@@H](OC)[C@@H](C)CCCCCCCCCCCCCCCCCC. The maximum atomic E-state index is 13.0. The van der Waals surface area contributed by atoms with Gasteiger partial charge in [-0.3, -0.25) is 4.79 Å². The fraction of sp³-hybridized carbons (Fsp3) is 0.989. The number of hydrogen-bond donors (Lipinski definition) is 3. The van der Waals surface area contributed by atoms with Gasteiger partial charge in [-0.15, -0.1) is 0 Å². The molecule has 0 radical (unpaired) electrons. The van der Waals surface area contributed by atoms with Crippen LogP contribution >= 0.6 is 12.6 Å². The van der Waals surface area contributed by atoms with Crippen LogP contribution in [0.2, 0.25) is 0 Å². The molecule has 0 spiro atoms. The van der Waals surface area contributed by atoms with Gasteiger partial charge in [0.15, 0.2) is 0 Å². The summed E-state index contributed by atoms with van der Waals surface area (Å²) >= 11 is 4.31. The first-order valence-corrected chi connectivity index (χ1v) is 45.6. The first-order chi connectivity index (χ1) is 46.9. The Kier molecular flexibility index (Phi) is 74.6. The second-order valence-corrected chi connectivity index (χ2v) is 33.1. The first-order valence-electron chi connectivity index (χ1n) is 45.0. The first kappa shape index (κ1) is 92.8. The number of aliphatic hydroxyl groups is 1. The summed E-state index contributed by atoms with van der Waals surface area (Å²) in [5, 5.41) is 14.2. The highest BCUT2D eigenvalue weighted by molar-refractivity contribution is 7.80. The maximum absolute atomic E-state index is 13.0. The number of hydrogen-bond acceptors (Lipinski definition) is 4. The smallest absolute Gasteiger partial charge is 0.225 e. The number of rotatable bonds is 83. The Morgan fingerprint density at radius 3 is 0.905 bits per heavy atom. The van der Waals surface area contributed by atoms with Crippen molar-refractivity contribution < 1.29 is 14.6 Å². The topological polar surface area (TPSA) is 58.6 Å². The third-order valence-electron chi connectivity index (χ3n) is 23.5. The monoisotopic (exact) mass is 1350 g/mol. The van der Waals surface area contributed by atoms with E-state index in [0.29, 0.717) is 24.3 Å². The predicted octanol–water partition coefficient (Wildman–Crippen LogP) is 30.8. The van der Waals surface area contributed by atoms with Crippen LogP contribution in [0.3, 0.4) is 0 Å². The fourth-order valence-electron chi connectivity index (χ4n) is 16.5. The van der Waals surface area contributed by atoms with Crippen LogP contribution in [0.15, 0.2) is 0 Å². The van der Waals surface area contributed by atoms with Crippen molar-refractivity contribution in [2.75, 3.05) is 19.4 Å². The average Bonchev–Trinajstić information content (AvgIpc) is 1.69. The number of ether oxygens (including phenoxy) is 1. The summed E-state index contributed by atoms with van der Waals surface area (Å²) < 4.78 is 5.99. The molecule has 2 unspecified atom stereocenters. The molecule has 0 aromatic carbocycles. The van der Waals surface area contributed by atoms with E-state index in [1.165, 1.54) is 449 Å². The van der Waals surface area contributed by atoms with Gasteiger partial charge in [0.2, 0.25) is 5.91 Å². The fourth-order valence-corrected chi connectivity index (χ4v) is 16.6. The summed E-state index contributed by atoms with van der Waals surface area (Å²) in [5.41, 5.74) is 0. The number of thiol groups is 1. The van der Waals surface area contributed by atoms with Crippen molar-refractivity contribution in [2.24, 2.45) is 29.6 Å². The van der Waals surface area contributed by atoms with E-state index >= 15 is 0 Å². The number of methoxy groups -OCH3 is 1. The van der Waals surface area contributed by atoms with Crippen molar-refractivity contribution in [2.45, 2.75) is 521 Å². The molecule has 1 rings (SSSR count). The van der Waals surface area contributed by atoms with Crippen LogP contribution in [0, 0.1) is 29.6 Å². The van der Waals surface area contributed by atoms with Crippen molar-refractivity contribution in [3.8, 4) is 0 Å². The summed E-state index contributed by atoms with van der Waals surface area (Å²) in [6.07, 6.45) is 105. The molecule has 1 fully saturated rings. The van der Waals surface area contributed by atoms with Crippen molar-refractivity contribution in [1.82, 2.24) is 5.32 Å². The zero-order valence-corrected chi connectivity index (χ0v) is 67.1. The highest BCUT2D eigenvalue weighted by Gasteiger charge is 2.39. The lowest BCUT2D eigenvalue weighted by Crippen LogP contribution is -2.38. The molecule has 0 aromatic heterocycles. The van der Waals surface area contributed by atoms with E-state index in [-0.39, 0.29) is 11.8 Å². The second kappa shape index (κ2) is 76.4. The second-order valence-electron chi connectivity index (χ2n) is 32.6. The van der Waals surface area contributed by atoms with Gasteiger partial charge < -0.3 is 15.2 Å². The van der Waals surface area contributed by atoms with Gasteiger partial charge in [0.25, 0.3) is 0 Å². The molecule has 1 amide bonds. The average molecular weight is 1360 g/mol. The Bertz CT molecular complexity index is 1460. The molecule has 0 bridgehead atoms. The Morgan fingerprint density at radius 2 is 0.611 bits per heavy atom. The van der Waals surface area contributed by atoms with Crippen molar-refractivity contribution in [3.05, 3.63) is 0 Å². The van der Waals surface area contributed by atoms with Gasteiger partial charge in [-0.05, 0) is 55.8 Å². The number of carbonyl (C=O) groups excluding carboxylic acids is 1. The summed E-state index contributed by atoms with van der Waals surface area (Å²) in [7, 11) is 1.96. The predicted molar refractivity (Wildman–Crippen MR) is 430 cm³/mol. The van der Waals surface area contributed by atoms with Gasteiger partial charge in [-0.2, -0.15) is 12.6 Å². The van der Waals surface area contributed by atoms with Gasteiger partial charge in [-0.1, -0.05) is 477 Å². The molecule has 1 aliphatic rings. The number of unbranched alkanes of at least 4 members (excludes halogenated alkanes) is 64. The van der Waals surface area contributed by atoms with Crippen LogP contribution < -0.4 is 5.32 Å². The summed E-state index contributed by atoms with van der Waals surface area (Å²) in [5.74, 6) is 4.24. The molecular weight excluding hydrogens is 1180 g/mol. The molecule has 0 aliphatic heterocycles. The molecule has 0 aromatic rings. The summed E-state index contributed by atoms with van der Waals surface area (Å²) in [6, 6.07) is 0. The lowest BCUT2D eigenvalue weighted by atomic mass is 9.90. The molecule has 95 heavy (non-hydrogen) atoms. The van der Waals surface area contributed by atoms with Crippen LogP contribution in [-0.4, -0.2) is 42.6 Å². The standard InChI is InChI=1S/C90H179NO3S/c1-6-8-10-12-14-16-18-20-22-24-25-26-27-28-29-34-41-47-53-59-65-71-77-86(90(93)91-80-81-95)88(92)78-72-66-60-54-48-42-35-31-30-33-40-46-52-58-64-70-76-85-82-87(85)83(3)74-68-62-56-50-44-38-36-37-43-49-55-61-67-73-79-89(94-5)84(4)75-69-63-57-51-45-39-32-23-21-19-17-15-13-11-9-7-2/h83-89,92,95H,6-82H2,1-5H3,(H,91,93)/t83-,84-,85?,86+,87?,88+,89+/m0/s1. The highest BCUT2D eigenvalue weighted by atomic mass is 32.1. The van der Waals surface area contributed by atoms with E-state index in [1.54, 1.807) is 6.42 Å². The van der Waals surface area contributed by atoms with Crippen molar-refractivity contribution in [1.29, 1.82) is 0 Å². The van der Waals surface area contributed by atoms with Crippen molar-refractivity contribution in [3.63, 3.8) is 0 Å². The Morgan fingerprint density at radius 1 is 0.358 bits per heavy atom. The van der Waals surface area contributed by atoms with Crippen LogP contribution in [0.5, 0.6) is 0 Å². The summed E-state index contributed by atoms with van der Waals surface area (Å²) in [6.45, 7) is 10.2. The van der Waals surface area contributed by atoms with Gasteiger partial charge in [0.1, 0.15) is 0 Å². The Hall–Kier alpha value is -0.260. The normalized spacial score (nSPS) is 15.6. The van der Waals surface area contributed by atoms with Gasteiger partial charge in [-0.25, -0.2) is 0 Å². The largest absolute Gasteiger partial charge is 0.392 e. The minimum Gasteiger partial charge on any atom is -0.392 e. The summed E-state index contributed by atoms with van der Waals surface area (Å²) in [4.78, 5) is 13.0. The minimum atomic E-state index is -0.515. The molecule has 0 saturated heterocycles. The molecule has 1 aliphatic carbocycles. The van der Waals surface area contributed by atoms with E-state index in [2.05, 4.69) is 45.6 Å². The molecule has 568 valence electrons. The zero-order chi connectivity index (χ0) is 68.5. The molecule has 1 saturated carbocycles. The maximum Gasteiger partial charge on any atom is 0.225 e. The Balaban J connectivity index is 1.84. The van der Waals surface area contributed by atoms with E-state index in [1.807, 2.05) is 7.11 Å². The molecule has 5 heteroatoms. The van der Waals surface area contributed by atoms with E-state index < -0.39 is 6.10 Å². The third kappa shape index (κ3) is 65.5.